The second-order valence-electron chi connectivity index (χ2n) is 5.42. The summed E-state index contributed by atoms with van der Waals surface area (Å²) in [5, 5.41) is 13.2. The fraction of sp³-hybridized carbons (Fsp3) is 0.235. The van der Waals surface area contributed by atoms with E-state index in [0.29, 0.717) is 17.5 Å². The smallest absolute Gasteiger partial charge is 0.193 e. The summed E-state index contributed by atoms with van der Waals surface area (Å²) in [6.45, 7) is 1.17. The molecule has 128 valence electrons. The number of nitrogens with zero attached hydrogens (tertiary/aromatic N) is 1. The molecule has 0 aromatic heterocycles. The number of aliphatic imine (C=N–C) groups is 1. The Hall–Kier alpha value is -2.67. The average molecular weight is 335 g/mol. The quantitative estimate of drug-likeness (QED) is 0.580. The second-order valence-corrected chi connectivity index (χ2v) is 5.42. The number of nitrogens with two attached hydrogens (primary N) is 1. The van der Waals surface area contributed by atoms with Crippen molar-refractivity contribution < 1.29 is 18.6 Å². The maximum Gasteiger partial charge on any atom is 0.193 e. The van der Waals surface area contributed by atoms with Gasteiger partial charge in [0.15, 0.2) is 5.96 Å². The van der Waals surface area contributed by atoms with Crippen molar-refractivity contribution >= 4 is 11.6 Å². The summed E-state index contributed by atoms with van der Waals surface area (Å²) in [6.07, 6.45) is 0. The lowest BCUT2D eigenvalue weighted by Crippen LogP contribution is -2.30. The van der Waals surface area contributed by atoms with Crippen molar-refractivity contribution in [2.24, 2.45) is 10.7 Å². The van der Waals surface area contributed by atoms with Crippen LogP contribution in [0.25, 0.3) is 0 Å². The lowest BCUT2D eigenvalue weighted by molar-refractivity contribution is 0.0634. The molecule has 1 unspecified atom stereocenters. The Labute approximate surface area is 138 Å². The molecule has 0 fully saturated rings. The first-order chi connectivity index (χ1) is 11.3. The number of para-hydroxylation sites is 2. The van der Waals surface area contributed by atoms with Crippen LogP contribution in [-0.2, 0) is 5.60 Å². The second kappa shape index (κ2) is 7.27. The molecule has 0 amide bonds. The number of aliphatic hydroxyl groups is 1. The zero-order valence-corrected chi connectivity index (χ0v) is 13.4. The Bertz CT molecular complexity index is 748. The molecule has 0 saturated heterocycles. The third-order valence-electron chi connectivity index (χ3n) is 3.44. The van der Waals surface area contributed by atoms with E-state index >= 15 is 0 Å². The highest BCUT2D eigenvalue weighted by Gasteiger charge is 2.26. The monoisotopic (exact) mass is 335 g/mol. The number of guanidine groups is 1. The van der Waals surface area contributed by atoms with Crippen LogP contribution >= 0.6 is 0 Å². The van der Waals surface area contributed by atoms with Crippen LogP contribution < -0.4 is 15.8 Å². The van der Waals surface area contributed by atoms with E-state index in [1.807, 2.05) is 0 Å². The molecule has 0 aliphatic carbocycles. The molecule has 0 aliphatic heterocycles. The molecule has 0 radical (unpaired) electrons. The van der Waals surface area contributed by atoms with Crippen LogP contribution in [0.3, 0.4) is 0 Å². The number of rotatable bonds is 5. The molecule has 0 spiro atoms. The Morgan fingerprint density at radius 1 is 1.29 bits per heavy atom. The van der Waals surface area contributed by atoms with E-state index in [1.54, 1.807) is 24.3 Å². The topological polar surface area (TPSA) is 79.9 Å². The predicted molar refractivity (Wildman–Crippen MR) is 89.0 cm³/mol. The van der Waals surface area contributed by atoms with Gasteiger partial charge in [-0.3, -0.25) is 0 Å². The minimum atomic E-state index is -1.63. The van der Waals surface area contributed by atoms with E-state index < -0.39 is 17.2 Å². The van der Waals surface area contributed by atoms with E-state index in [9.17, 15) is 13.9 Å². The fourth-order valence-electron chi connectivity index (χ4n) is 2.18. The zero-order valence-electron chi connectivity index (χ0n) is 13.4. The standard InChI is InChI=1S/C17H19F2N3O2/c1-17(23,12-8-7-11(18)9-13(12)19)10-21-16(20)22-14-5-3-4-6-15(14)24-2/h3-9,23H,10H2,1-2H3,(H3,20,21,22). The SMILES string of the molecule is COc1ccccc1NC(N)=NCC(C)(O)c1ccc(F)cc1F. The number of benzene rings is 2. The van der Waals surface area contributed by atoms with E-state index in [1.165, 1.54) is 20.1 Å². The van der Waals surface area contributed by atoms with E-state index in [4.69, 9.17) is 10.5 Å². The van der Waals surface area contributed by atoms with Crippen LogP contribution in [-0.4, -0.2) is 24.7 Å². The van der Waals surface area contributed by atoms with E-state index in [0.717, 1.165) is 6.07 Å². The highest BCUT2D eigenvalue weighted by atomic mass is 19.1. The van der Waals surface area contributed by atoms with Gasteiger partial charge in [-0.1, -0.05) is 18.2 Å². The highest BCUT2D eigenvalue weighted by molar-refractivity contribution is 5.93. The summed E-state index contributed by atoms with van der Waals surface area (Å²) in [6, 6.07) is 10.1. The van der Waals surface area contributed by atoms with Gasteiger partial charge < -0.3 is 20.9 Å². The molecular formula is C17H19F2N3O2. The van der Waals surface area contributed by atoms with Crippen molar-refractivity contribution in [2.75, 3.05) is 19.0 Å². The van der Waals surface area contributed by atoms with Gasteiger partial charge >= 0.3 is 0 Å². The molecular weight excluding hydrogens is 316 g/mol. The third-order valence-corrected chi connectivity index (χ3v) is 3.44. The molecule has 7 heteroatoms. The lowest BCUT2D eigenvalue weighted by atomic mass is 9.95. The molecule has 0 heterocycles. The average Bonchev–Trinajstić information content (AvgIpc) is 2.53. The first-order valence-corrected chi connectivity index (χ1v) is 7.21. The van der Waals surface area contributed by atoms with Crippen LogP contribution in [0.5, 0.6) is 5.75 Å². The normalized spacial score (nSPS) is 14.1. The summed E-state index contributed by atoms with van der Waals surface area (Å²) < 4.78 is 32.0. The Morgan fingerprint density at radius 3 is 2.67 bits per heavy atom. The summed E-state index contributed by atoms with van der Waals surface area (Å²) in [5.41, 5.74) is 4.71. The maximum absolute atomic E-state index is 13.8. The third kappa shape index (κ3) is 4.20. The number of anilines is 1. The van der Waals surface area contributed by atoms with Crippen molar-refractivity contribution in [3.8, 4) is 5.75 Å². The molecule has 0 aliphatic rings. The van der Waals surface area contributed by atoms with Gasteiger partial charge in [0.05, 0.1) is 19.3 Å². The molecule has 2 aromatic carbocycles. The van der Waals surface area contributed by atoms with Gasteiger partial charge in [-0.25, -0.2) is 13.8 Å². The minimum Gasteiger partial charge on any atom is -0.495 e. The van der Waals surface area contributed by atoms with Gasteiger partial charge in [-0.05, 0) is 25.1 Å². The number of methoxy groups -OCH3 is 1. The van der Waals surface area contributed by atoms with Crippen LogP contribution in [0, 0.1) is 11.6 Å². The van der Waals surface area contributed by atoms with Crippen molar-refractivity contribution in [3.05, 3.63) is 59.7 Å². The summed E-state index contributed by atoms with van der Waals surface area (Å²) in [4.78, 5) is 4.02. The maximum atomic E-state index is 13.8. The largest absolute Gasteiger partial charge is 0.495 e. The van der Waals surface area contributed by atoms with Crippen LogP contribution in [0.4, 0.5) is 14.5 Å². The van der Waals surface area contributed by atoms with Crippen LogP contribution in [0.15, 0.2) is 47.5 Å². The van der Waals surface area contributed by atoms with Gasteiger partial charge in [-0.15, -0.1) is 0 Å². The molecule has 4 N–H and O–H groups in total. The molecule has 0 saturated carbocycles. The number of halogens is 2. The van der Waals surface area contributed by atoms with E-state index in [2.05, 4.69) is 10.3 Å². The molecule has 24 heavy (non-hydrogen) atoms. The molecule has 2 rings (SSSR count). The molecule has 2 aromatic rings. The molecule has 1 atom stereocenters. The fourth-order valence-corrected chi connectivity index (χ4v) is 2.18. The van der Waals surface area contributed by atoms with Crippen molar-refractivity contribution in [3.63, 3.8) is 0 Å². The summed E-state index contributed by atoms with van der Waals surface area (Å²) in [7, 11) is 1.52. The first kappa shape index (κ1) is 17.7. The van der Waals surface area contributed by atoms with Gasteiger partial charge in [0.25, 0.3) is 0 Å². The molecule has 0 bridgehead atoms. The number of ether oxygens (including phenoxy) is 1. The number of hydrogen-bond acceptors (Lipinski definition) is 3. The van der Waals surface area contributed by atoms with Gasteiger partial charge in [0.2, 0.25) is 0 Å². The van der Waals surface area contributed by atoms with Crippen LogP contribution in [0.1, 0.15) is 12.5 Å². The van der Waals surface area contributed by atoms with Crippen molar-refractivity contribution in [1.29, 1.82) is 0 Å². The molecule has 5 nitrogen and oxygen atoms in total. The number of hydrogen-bond donors (Lipinski definition) is 3. The van der Waals surface area contributed by atoms with Crippen LogP contribution in [0.2, 0.25) is 0 Å². The number of nitrogens with one attached hydrogen (secondary N) is 1. The van der Waals surface area contributed by atoms with E-state index in [-0.39, 0.29) is 18.1 Å². The summed E-state index contributed by atoms with van der Waals surface area (Å²) in [5.74, 6) is -0.950. The van der Waals surface area contributed by atoms with Gasteiger partial charge in [-0.2, -0.15) is 0 Å². The highest BCUT2D eigenvalue weighted by Crippen LogP contribution is 2.25. The van der Waals surface area contributed by atoms with Crippen molar-refractivity contribution in [1.82, 2.24) is 0 Å². The zero-order chi connectivity index (χ0) is 17.7. The predicted octanol–water partition coefficient (Wildman–Crippen LogP) is 2.61. The minimum absolute atomic E-state index is 0.0299. The first-order valence-electron chi connectivity index (χ1n) is 7.21. The Kier molecular flexibility index (Phi) is 5.35. The Morgan fingerprint density at radius 2 is 2.00 bits per heavy atom. The van der Waals surface area contributed by atoms with Crippen molar-refractivity contribution in [2.45, 2.75) is 12.5 Å². The van der Waals surface area contributed by atoms with Gasteiger partial charge in [0.1, 0.15) is 23.0 Å². The Balaban J connectivity index is 2.13. The van der Waals surface area contributed by atoms with Gasteiger partial charge in [0, 0.05) is 11.6 Å². The summed E-state index contributed by atoms with van der Waals surface area (Å²) >= 11 is 0. The lowest BCUT2D eigenvalue weighted by Gasteiger charge is -2.22.